The van der Waals surface area contributed by atoms with Gasteiger partial charge < -0.3 is 19.8 Å². The Morgan fingerprint density at radius 1 is 0.857 bits per heavy atom. The molecule has 5 nitrogen and oxygen atoms in total. The van der Waals surface area contributed by atoms with E-state index in [0.29, 0.717) is 6.54 Å². The Bertz CT molecular complexity index is 828. The van der Waals surface area contributed by atoms with Gasteiger partial charge in [-0.2, -0.15) is 0 Å². The molecular weight excluding hydrogens is 350 g/mol. The third-order valence-corrected chi connectivity index (χ3v) is 4.37. The van der Waals surface area contributed by atoms with E-state index in [1.807, 2.05) is 42.5 Å². The molecule has 0 aliphatic rings. The van der Waals surface area contributed by atoms with Gasteiger partial charge in [-0.3, -0.25) is 0 Å². The summed E-state index contributed by atoms with van der Waals surface area (Å²) in [7, 11) is 1.68. The molecule has 0 fully saturated rings. The van der Waals surface area contributed by atoms with Gasteiger partial charge in [0.25, 0.3) is 0 Å². The van der Waals surface area contributed by atoms with Crippen LogP contribution in [-0.2, 0) is 19.4 Å². The van der Waals surface area contributed by atoms with Crippen LogP contribution in [0.2, 0.25) is 0 Å². The lowest BCUT2D eigenvalue weighted by Gasteiger charge is -2.12. The summed E-state index contributed by atoms with van der Waals surface area (Å²) < 4.78 is 10.6. The zero-order chi connectivity index (χ0) is 19.4. The molecule has 3 aromatic rings. The van der Waals surface area contributed by atoms with Gasteiger partial charge in [-0.05, 0) is 41.8 Å². The minimum atomic E-state index is 0.638. The second kappa shape index (κ2) is 10.8. The third kappa shape index (κ3) is 6.50. The average molecular weight is 377 g/mol. The number of furan rings is 1. The number of nitrogens with one attached hydrogen (secondary N) is 2. The van der Waals surface area contributed by atoms with Crippen molar-refractivity contribution >= 4 is 5.96 Å². The van der Waals surface area contributed by atoms with Crippen molar-refractivity contribution in [1.29, 1.82) is 0 Å². The van der Waals surface area contributed by atoms with E-state index in [1.54, 1.807) is 13.4 Å². The number of hydrogen-bond donors (Lipinski definition) is 2. The second-order valence-corrected chi connectivity index (χ2v) is 6.43. The van der Waals surface area contributed by atoms with Crippen molar-refractivity contribution in [3.05, 3.63) is 89.9 Å². The highest BCUT2D eigenvalue weighted by molar-refractivity contribution is 5.79. The zero-order valence-electron chi connectivity index (χ0n) is 16.2. The molecular formula is C23H27N3O2. The molecule has 3 rings (SSSR count). The van der Waals surface area contributed by atoms with Gasteiger partial charge in [-0.25, -0.2) is 4.99 Å². The molecule has 0 unspecified atom stereocenters. The Balaban J connectivity index is 1.52. The number of ether oxygens (including phenoxy) is 1. The molecule has 0 amide bonds. The van der Waals surface area contributed by atoms with Gasteiger partial charge in [0.1, 0.15) is 11.5 Å². The Morgan fingerprint density at radius 2 is 1.61 bits per heavy atom. The summed E-state index contributed by atoms with van der Waals surface area (Å²) in [5, 5.41) is 6.82. The van der Waals surface area contributed by atoms with Crippen LogP contribution < -0.4 is 15.4 Å². The summed E-state index contributed by atoms with van der Waals surface area (Å²) in [5.74, 6) is 2.65. The number of hydrogen-bond acceptors (Lipinski definition) is 3. The van der Waals surface area contributed by atoms with E-state index < -0.39 is 0 Å². The van der Waals surface area contributed by atoms with Gasteiger partial charge in [0.2, 0.25) is 0 Å². The van der Waals surface area contributed by atoms with Crippen LogP contribution in [0.25, 0.3) is 0 Å². The fourth-order valence-electron chi connectivity index (χ4n) is 2.80. The minimum Gasteiger partial charge on any atom is -0.497 e. The molecule has 0 saturated heterocycles. The molecule has 0 bridgehead atoms. The number of nitrogens with zero attached hydrogens (tertiary/aromatic N) is 1. The third-order valence-electron chi connectivity index (χ3n) is 4.37. The van der Waals surface area contributed by atoms with Gasteiger partial charge in [-0.1, -0.05) is 42.5 Å². The van der Waals surface area contributed by atoms with Crippen LogP contribution in [0.1, 0.15) is 16.9 Å². The molecule has 0 radical (unpaired) electrons. The highest BCUT2D eigenvalue weighted by Crippen LogP contribution is 2.11. The summed E-state index contributed by atoms with van der Waals surface area (Å²) in [6.45, 7) is 2.20. The Morgan fingerprint density at radius 3 is 2.29 bits per heavy atom. The normalized spacial score (nSPS) is 11.2. The average Bonchev–Trinajstić information content (AvgIpc) is 3.26. The first-order valence-electron chi connectivity index (χ1n) is 9.55. The lowest BCUT2D eigenvalue weighted by Crippen LogP contribution is -2.39. The van der Waals surface area contributed by atoms with Gasteiger partial charge in [0.15, 0.2) is 5.96 Å². The maximum atomic E-state index is 5.39. The molecule has 5 heteroatoms. The summed E-state index contributed by atoms with van der Waals surface area (Å²) >= 11 is 0. The molecule has 0 aliphatic carbocycles. The maximum absolute atomic E-state index is 5.39. The van der Waals surface area contributed by atoms with Crippen LogP contribution >= 0.6 is 0 Å². The van der Waals surface area contributed by atoms with Crippen LogP contribution in [0.5, 0.6) is 5.75 Å². The number of rotatable bonds is 9. The van der Waals surface area contributed by atoms with E-state index in [0.717, 1.165) is 43.4 Å². The lowest BCUT2D eigenvalue weighted by atomic mass is 10.1. The quantitative estimate of drug-likeness (QED) is 0.440. The maximum Gasteiger partial charge on any atom is 0.191 e. The van der Waals surface area contributed by atoms with Crippen LogP contribution in [-0.4, -0.2) is 26.2 Å². The van der Waals surface area contributed by atoms with Gasteiger partial charge >= 0.3 is 0 Å². The first kappa shape index (κ1) is 19.5. The van der Waals surface area contributed by atoms with Crippen molar-refractivity contribution in [2.45, 2.75) is 19.4 Å². The lowest BCUT2D eigenvalue weighted by molar-refractivity contribution is 0.414. The van der Waals surface area contributed by atoms with Crippen molar-refractivity contribution in [2.75, 3.05) is 20.2 Å². The van der Waals surface area contributed by atoms with Crippen molar-refractivity contribution in [3.63, 3.8) is 0 Å². The Hall–Kier alpha value is -3.21. The van der Waals surface area contributed by atoms with Crippen LogP contribution in [0.4, 0.5) is 0 Å². The van der Waals surface area contributed by atoms with Crippen LogP contribution in [0.15, 0.2) is 82.4 Å². The minimum absolute atomic E-state index is 0.638. The highest BCUT2D eigenvalue weighted by Gasteiger charge is 2.02. The molecule has 0 atom stereocenters. The predicted octanol–water partition coefficient (Wildman–Crippen LogP) is 3.81. The topological polar surface area (TPSA) is 58.8 Å². The molecule has 0 spiro atoms. The molecule has 2 aromatic carbocycles. The Labute approximate surface area is 166 Å². The molecule has 146 valence electrons. The molecule has 0 aliphatic heterocycles. The largest absolute Gasteiger partial charge is 0.497 e. The molecule has 28 heavy (non-hydrogen) atoms. The van der Waals surface area contributed by atoms with Gasteiger partial charge in [-0.15, -0.1) is 0 Å². The van der Waals surface area contributed by atoms with Crippen LogP contribution in [0.3, 0.4) is 0 Å². The number of benzene rings is 2. The summed E-state index contributed by atoms with van der Waals surface area (Å²) in [4.78, 5) is 4.72. The summed E-state index contributed by atoms with van der Waals surface area (Å²) in [6, 6.07) is 22.3. The zero-order valence-corrected chi connectivity index (χ0v) is 16.2. The monoisotopic (exact) mass is 377 g/mol. The molecule has 1 aromatic heterocycles. The van der Waals surface area contributed by atoms with E-state index >= 15 is 0 Å². The van der Waals surface area contributed by atoms with E-state index in [1.165, 1.54) is 11.1 Å². The predicted molar refractivity (Wildman–Crippen MR) is 113 cm³/mol. The van der Waals surface area contributed by atoms with Crippen LogP contribution in [0, 0.1) is 0 Å². The van der Waals surface area contributed by atoms with Crippen molar-refractivity contribution in [3.8, 4) is 5.75 Å². The SMILES string of the molecule is COc1ccc(CCNC(=NCc2ccccc2)NCCc2ccco2)cc1. The van der Waals surface area contributed by atoms with E-state index in [-0.39, 0.29) is 0 Å². The first-order chi connectivity index (χ1) is 13.8. The standard InChI is InChI=1S/C23H27N3O2/c1-27-21-11-9-19(10-12-21)13-15-24-23(25-16-14-22-8-5-17-28-22)26-18-20-6-3-2-4-7-20/h2-12,17H,13-16,18H2,1H3,(H2,24,25,26). The number of guanidine groups is 1. The van der Waals surface area contributed by atoms with Gasteiger partial charge in [0.05, 0.1) is 19.9 Å². The van der Waals surface area contributed by atoms with E-state index in [4.69, 9.17) is 14.1 Å². The molecule has 1 heterocycles. The molecule has 2 N–H and O–H groups in total. The Kier molecular flexibility index (Phi) is 7.56. The summed E-state index contributed by atoms with van der Waals surface area (Å²) in [5.41, 5.74) is 2.44. The number of methoxy groups -OCH3 is 1. The van der Waals surface area contributed by atoms with E-state index in [9.17, 15) is 0 Å². The smallest absolute Gasteiger partial charge is 0.191 e. The number of aliphatic imine (C=N–C) groups is 1. The highest BCUT2D eigenvalue weighted by atomic mass is 16.5. The summed E-state index contributed by atoms with van der Waals surface area (Å²) in [6.07, 6.45) is 3.43. The fraction of sp³-hybridized carbons (Fsp3) is 0.261. The van der Waals surface area contributed by atoms with Gasteiger partial charge in [0, 0.05) is 19.5 Å². The first-order valence-corrected chi connectivity index (χ1v) is 9.55. The van der Waals surface area contributed by atoms with Crippen molar-refractivity contribution in [1.82, 2.24) is 10.6 Å². The van der Waals surface area contributed by atoms with Crippen molar-refractivity contribution in [2.24, 2.45) is 4.99 Å². The van der Waals surface area contributed by atoms with E-state index in [2.05, 4.69) is 34.9 Å². The molecule has 0 saturated carbocycles. The second-order valence-electron chi connectivity index (χ2n) is 6.43. The van der Waals surface area contributed by atoms with Crippen molar-refractivity contribution < 1.29 is 9.15 Å². The fourth-order valence-corrected chi connectivity index (χ4v) is 2.80.